The van der Waals surface area contributed by atoms with Crippen LogP contribution >= 0.6 is 0 Å². The van der Waals surface area contributed by atoms with Crippen molar-refractivity contribution in [1.29, 1.82) is 0 Å². The summed E-state index contributed by atoms with van der Waals surface area (Å²) in [5.41, 5.74) is 1.30. The van der Waals surface area contributed by atoms with Gasteiger partial charge in [0, 0.05) is 23.2 Å². The number of aromatic nitrogens is 3. The molecule has 0 unspecified atom stereocenters. The van der Waals surface area contributed by atoms with Crippen LogP contribution < -0.4 is 10.6 Å². The minimum atomic E-state index is -4.78. The first-order chi connectivity index (χ1) is 15.4. The summed E-state index contributed by atoms with van der Waals surface area (Å²) in [4.78, 5) is 15.7. The third-order valence-corrected chi connectivity index (χ3v) is 6.31. The summed E-state index contributed by atoms with van der Waals surface area (Å²) < 4.78 is 48.0. The molecule has 32 heavy (non-hydrogen) atoms. The van der Waals surface area contributed by atoms with Gasteiger partial charge in [0.15, 0.2) is 0 Å². The number of rotatable bonds is 3. The number of carbonyl (C=O) groups excluding carboxylic acids is 1. The van der Waals surface area contributed by atoms with Gasteiger partial charge in [0.1, 0.15) is 11.5 Å². The lowest BCUT2D eigenvalue weighted by Gasteiger charge is -2.29. The van der Waals surface area contributed by atoms with E-state index in [9.17, 15) is 18.0 Å². The highest BCUT2D eigenvalue weighted by atomic mass is 19.4. The summed E-state index contributed by atoms with van der Waals surface area (Å²) in [6.45, 7) is 0. The van der Waals surface area contributed by atoms with Crippen molar-refractivity contribution in [2.24, 2.45) is 0 Å². The Balaban J connectivity index is 1.66. The highest BCUT2D eigenvalue weighted by molar-refractivity contribution is 5.97. The van der Waals surface area contributed by atoms with Gasteiger partial charge in [-0.05, 0) is 44.9 Å². The van der Waals surface area contributed by atoms with Crippen LogP contribution in [0.1, 0.15) is 43.4 Å². The zero-order chi connectivity index (χ0) is 22.5. The number of para-hydroxylation sites is 1. The second kappa shape index (κ2) is 7.77. The number of carbonyl (C=O) groups is 1. The van der Waals surface area contributed by atoms with Crippen LogP contribution in [0.25, 0.3) is 22.2 Å². The quantitative estimate of drug-likeness (QED) is 0.595. The fourth-order valence-electron chi connectivity index (χ4n) is 4.74. The summed E-state index contributed by atoms with van der Waals surface area (Å²) in [5.74, 6) is -0.158. The Morgan fingerprint density at radius 3 is 2.62 bits per heavy atom. The standard InChI is InChI=1S/C22H22F3N5O2/c1-26-12-6-8-13(9-7-12)30-16-5-3-2-4-14(16)18(29-30)15-10-11-27-20-17(15)19(22(23,24)25)32-21(31)28-20/h2-5,10-13,19,26H,6-9H2,1H3,(H,27,28,31)/t12?,13?,19-/m1/s1. The Bertz CT molecular complexity index is 1170. The molecule has 1 amide bonds. The summed E-state index contributed by atoms with van der Waals surface area (Å²) >= 11 is 0. The first-order valence-electron chi connectivity index (χ1n) is 10.5. The smallest absolute Gasteiger partial charge is 0.430 e. The molecule has 1 aromatic carbocycles. The Kier molecular flexibility index (Phi) is 5.04. The highest BCUT2D eigenvalue weighted by Gasteiger charge is 2.49. The largest absolute Gasteiger partial charge is 0.431 e. The zero-order valence-electron chi connectivity index (χ0n) is 17.3. The minimum Gasteiger partial charge on any atom is -0.431 e. The van der Waals surface area contributed by atoms with E-state index in [4.69, 9.17) is 5.10 Å². The number of cyclic esters (lactones) is 1. The van der Waals surface area contributed by atoms with Crippen molar-refractivity contribution < 1.29 is 22.7 Å². The number of benzene rings is 1. The van der Waals surface area contributed by atoms with E-state index in [1.807, 2.05) is 36.0 Å². The van der Waals surface area contributed by atoms with Crippen LogP contribution in [0, 0.1) is 0 Å². The maximum Gasteiger partial charge on any atom is 0.430 e. The molecular formula is C22H22F3N5O2. The molecular weight excluding hydrogens is 423 g/mol. The zero-order valence-corrected chi connectivity index (χ0v) is 17.3. The van der Waals surface area contributed by atoms with Crippen LogP contribution in [-0.2, 0) is 4.74 Å². The second-order valence-electron chi connectivity index (χ2n) is 8.18. The molecule has 1 saturated carbocycles. The average molecular weight is 445 g/mol. The number of hydrogen-bond donors (Lipinski definition) is 2. The number of ether oxygens (including phenoxy) is 1. The summed E-state index contributed by atoms with van der Waals surface area (Å²) in [5, 5.41) is 11.2. The van der Waals surface area contributed by atoms with Gasteiger partial charge in [0.05, 0.1) is 17.1 Å². The van der Waals surface area contributed by atoms with Gasteiger partial charge in [-0.3, -0.25) is 10.00 Å². The molecule has 2 N–H and O–H groups in total. The van der Waals surface area contributed by atoms with E-state index in [1.54, 1.807) is 0 Å². The van der Waals surface area contributed by atoms with E-state index in [0.717, 1.165) is 36.6 Å². The van der Waals surface area contributed by atoms with Crippen molar-refractivity contribution >= 4 is 22.8 Å². The van der Waals surface area contributed by atoms with Crippen LogP contribution in [0.3, 0.4) is 0 Å². The molecule has 2 aliphatic rings. The third-order valence-electron chi connectivity index (χ3n) is 6.31. The van der Waals surface area contributed by atoms with Gasteiger partial charge in [-0.25, -0.2) is 9.78 Å². The number of alkyl halides is 3. The van der Waals surface area contributed by atoms with Crippen LogP contribution in [0.15, 0.2) is 36.5 Å². The lowest BCUT2D eigenvalue weighted by atomic mass is 9.91. The maximum atomic E-state index is 13.8. The molecule has 7 nitrogen and oxygen atoms in total. The molecule has 0 bridgehead atoms. The molecule has 168 valence electrons. The first kappa shape index (κ1) is 20.7. The molecule has 0 saturated heterocycles. The van der Waals surface area contributed by atoms with Gasteiger partial charge in [-0.1, -0.05) is 18.2 Å². The molecule has 2 aromatic heterocycles. The second-order valence-corrected chi connectivity index (χ2v) is 8.18. The van der Waals surface area contributed by atoms with Crippen molar-refractivity contribution in [3.05, 3.63) is 42.1 Å². The SMILES string of the molecule is CNC1CCC(n2nc(-c3ccnc4c3[C@H](C(F)(F)F)OC(=O)N4)c3ccccc32)CC1. The van der Waals surface area contributed by atoms with Crippen LogP contribution in [-0.4, -0.2) is 40.1 Å². The number of nitrogens with one attached hydrogen (secondary N) is 2. The van der Waals surface area contributed by atoms with E-state index in [1.165, 1.54) is 12.3 Å². The molecule has 0 radical (unpaired) electrons. The number of pyridine rings is 1. The predicted molar refractivity (Wildman–Crippen MR) is 112 cm³/mol. The van der Waals surface area contributed by atoms with E-state index in [0.29, 0.717) is 11.7 Å². The number of amides is 1. The van der Waals surface area contributed by atoms with E-state index >= 15 is 0 Å². The molecule has 10 heteroatoms. The molecule has 3 heterocycles. The van der Waals surface area contributed by atoms with Gasteiger partial charge >= 0.3 is 12.3 Å². The summed E-state index contributed by atoms with van der Waals surface area (Å²) in [6, 6.07) is 9.64. The molecule has 5 rings (SSSR count). The molecule has 0 spiro atoms. The van der Waals surface area contributed by atoms with Gasteiger partial charge in [0.25, 0.3) is 0 Å². The Morgan fingerprint density at radius 2 is 1.91 bits per heavy atom. The molecule has 1 aliphatic carbocycles. The van der Waals surface area contributed by atoms with Crippen molar-refractivity contribution in [3.63, 3.8) is 0 Å². The van der Waals surface area contributed by atoms with Crippen molar-refractivity contribution in [3.8, 4) is 11.3 Å². The first-order valence-corrected chi connectivity index (χ1v) is 10.5. The van der Waals surface area contributed by atoms with Crippen LogP contribution in [0.5, 0.6) is 0 Å². The maximum absolute atomic E-state index is 13.8. The summed E-state index contributed by atoms with van der Waals surface area (Å²) in [6.07, 6.45) is -3.14. The molecule has 1 aliphatic heterocycles. The third kappa shape index (κ3) is 3.48. The van der Waals surface area contributed by atoms with Crippen molar-refractivity contribution in [2.45, 2.75) is 50.0 Å². The Labute approximate surface area is 182 Å². The van der Waals surface area contributed by atoms with Gasteiger partial charge in [0.2, 0.25) is 6.10 Å². The van der Waals surface area contributed by atoms with Crippen molar-refractivity contribution in [2.75, 3.05) is 12.4 Å². The number of nitrogens with zero attached hydrogens (tertiary/aromatic N) is 3. The van der Waals surface area contributed by atoms with E-state index in [-0.39, 0.29) is 23.0 Å². The van der Waals surface area contributed by atoms with Crippen LogP contribution in [0.4, 0.5) is 23.8 Å². The molecule has 1 atom stereocenters. The molecule has 3 aromatic rings. The van der Waals surface area contributed by atoms with Gasteiger partial charge in [-0.15, -0.1) is 0 Å². The topological polar surface area (TPSA) is 81.1 Å². The number of halogens is 3. The fourth-order valence-corrected chi connectivity index (χ4v) is 4.74. The normalized spacial score (nSPS) is 23.5. The minimum absolute atomic E-state index is 0.158. The Hall–Kier alpha value is -3.14. The van der Waals surface area contributed by atoms with Crippen LogP contribution in [0.2, 0.25) is 0 Å². The van der Waals surface area contributed by atoms with Gasteiger partial charge in [-0.2, -0.15) is 18.3 Å². The van der Waals surface area contributed by atoms with E-state index in [2.05, 4.69) is 20.4 Å². The lowest BCUT2D eigenvalue weighted by Crippen LogP contribution is -2.34. The average Bonchev–Trinajstić information content (AvgIpc) is 3.17. The van der Waals surface area contributed by atoms with Crippen molar-refractivity contribution in [1.82, 2.24) is 20.1 Å². The lowest BCUT2D eigenvalue weighted by molar-refractivity contribution is -0.206. The fraction of sp³-hybridized carbons (Fsp3) is 0.409. The number of hydrogen-bond acceptors (Lipinski definition) is 5. The Morgan fingerprint density at radius 1 is 1.16 bits per heavy atom. The monoisotopic (exact) mass is 445 g/mol. The predicted octanol–water partition coefficient (Wildman–Crippen LogP) is 4.97. The summed E-state index contributed by atoms with van der Waals surface area (Å²) in [7, 11) is 1.96. The highest BCUT2D eigenvalue weighted by Crippen LogP contribution is 2.46. The van der Waals surface area contributed by atoms with E-state index < -0.39 is 18.4 Å². The number of anilines is 1. The molecule has 1 fully saturated rings. The number of fused-ring (bicyclic) bond motifs is 2. The van der Waals surface area contributed by atoms with Gasteiger partial charge < -0.3 is 10.1 Å².